The number of sulfonamides is 1. The van der Waals surface area contributed by atoms with Crippen LogP contribution < -0.4 is 10.9 Å². The van der Waals surface area contributed by atoms with E-state index in [9.17, 15) is 18.0 Å². The summed E-state index contributed by atoms with van der Waals surface area (Å²) < 4.78 is 26.6. The van der Waals surface area contributed by atoms with Crippen LogP contribution in [0.25, 0.3) is 0 Å². The van der Waals surface area contributed by atoms with Gasteiger partial charge in [-0.25, -0.2) is 8.42 Å². The number of amides is 2. The quantitative estimate of drug-likeness (QED) is 0.652. The van der Waals surface area contributed by atoms with Crippen LogP contribution >= 0.6 is 0 Å². The summed E-state index contributed by atoms with van der Waals surface area (Å²) in [6.07, 6.45) is 2.53. The standard InChI is InChI=1S/C24H31N3O4S/c1-24(2,3)20-11-6-18(7-12-20)8-15-22(28)25-26-23(29)19-9-13-21(14-10-19)32(30,31)27-16-4-5-17-27/h6-7,9-14H,4-5,8,15-17H2,1-3H3,(H,25,28)(H,26,29). The molecule has 3 rings (SSSR count). The van der Waals surface area contributed by atoms with Crippen molar-refractivity contribution in [3.63, 3.8) is 0 Å². The van der Waals surface area contributed by atoms with Gasteiger partial charge in [0.1, 0.15) is 0 Å². The Morgan fingerprint density at radius 3 is 2.06 bits per heavy atom. The van der Waals surface area contributed by atoms with Crippen molar-refractivity contribution in [2.24, 2.45) is 0 Å². The molecule has 172 valence electrons. The molecule has 0 aromatic heterocycles. The summed E-state index contributed by atoms with van der Waals surface area (Å²) in [6, 6.07) is 13.9. The molecule has 2 aromatic carbocycles. The largest absolute Gasteiger partial charge is 0.273 e. The number of nitrogens with one attached hydrogen (secondary N) is 2. The van der Waals surface area contributed by atoms with Crippen molar-refractivity contribution in [3.8, 4) is 0 Å². The molecule has 8 heteroatoms. The highest BCUT2D eigenvalue weighted by Gasteiger charge is 2.27. The molecule has 1 aliphatic rings. The second-order valence-corrected chi connectivity index (χ2v) is 11.0. The van der Waals surface area contributed by atoms with Crippen LogP contribution in [-0.4, -0.2) is 37.6 Å². The molecule has 2 aromatic rings. The fourth-order valence-corrected chi connectivity index (χ4v) is 5.06. The lowest BCUT2D eigenvalue weighted by molar-refractivity contribution is -0.121. The van der Waals surface area contributed by atoms with Crippen molar-refractivity contribution in [1.29, 1.82) is 0 Å². The van der Waals surface area contributed by atoms with Crippen LogP contribution in [0.1, 0.15) is 61.5 Å². The van der Waals surface area contributed by atoms with Gasteiger partial charge < -0.3 is 0 Å². The van der Waals surface area contributed by atoms with Gasteiger partial charge in [-0.2, -0.15) is 4.31 Å². The molecular weight excluding hydrogens is 426 g/mol. The minimum atomic E-state index is -3.52. The molecule has 0 saturated carbocycles. The van der Waals surface area contributed by atoms with E-state index in [4.69, 9.17) is 0 Å². The van der Waals surface area contributed by atoms with E-state index in [0.29, 0.717) is 19.5 Å². The maximum atomic E-state index is 12.6. The average Bonchev–Trinajstić information content (AvgIpc) is 3.32. The Kier molecular flexibility index (Phi) is 7.36. The molecule has 1 aliphatic heterocycles. The smallest absolute Gasteiger partial charge is 0.269 e. The third-order valence-corrected chi connectivity index (χ3v) is 7.51. The van der Waals surface area contributed by atoms with E-state index >= 15 is 0 Å². The summed E-state index contributed by atoms with van der Waals surface area (Å²) in [5.41, 5.74) is 7.42. The van der Waals surface area contributed by atoms with Crippen molar-refractivity contribution in [2.75, 3.05) is 13.1 Å². The second kappa shape index (κ2) is 9.83. The fourth-order valence-electron chi connectivity index (χ4n) is 3.55. The Balaban J connectivity index is 1.48. The number of carbonyl (C=O) groups is 2. The Hall–Kier alpha value is -2.71. The third-order valence-electron chi connectivity index (χ3n) is 5.60. The molecule has 1 saturated heterocycles. The summed E-state index contributed by atoms with van der Waals surface area (Å²) in [5, 5.41) is 0. The molecule has 0 unspecified atom stereocenters. The minimum Gasteiger partial charge on any atom is -0.273 e. The highest BCUT2D eigenvalue weighted by Crippen LogP contribution is 2.23. The molecule has 2 N–H and O–H groups in total. The third kappa shape index (κ3) is 5.95. The topological polar surface area (TPSA) is 95.6 Å². The predicted octanol–water partition coefficient (Wildman–Crippen LogP) is 3.16. The fraction of sp³-hybridized carbons (Fsp3) is 0.417. The van der Waals surface area contributed by atoms with Crippen LogP contribution in [0.2, 0.25) is 0 Å². The molecule has 1 heterocycles. The van der Waals surface area contributed by atoms with E-state index in [1.807, 2.05) is 12.1 Å². The van der Waals surface area contributed by atoms with Crippen LogP contribution in [0.4, 0.5) is 0 Å². The van der Waals surface area contributed by atoms with Crippen LogP contribution in [0.15, 0.2) is 53.4 Å². The first-order valence-electron chi connectivity index (χ1n) is 10.9. The number of carbonyl (C=O) groups excluding carboxylic acids is 2. The van der Waals surface area contributed by atoms with Gasteiger partial charge in [-0.1, -0.05) is 45.0 Å². The van der Waals surface area contributed by atoms with Gasteiger partial charge in [-0.15, -0.1) is 0 Å². The Bertz CT molecular complexity index is 1050. The van der Waals surface area contributed by atoms with Gasteiger partial charge in [-0.05, 0) is 60.1 Å². The SMILES string of the molecule is CC(C)(C)c1ccc(CCC(=O)NNC(=O)c2ccc(S(=O)(=O)N3CCCC3)cc2)cc1. The first-order valence-corrected chi connectivity index (χ1v) is 12.3. The van der Waals surface area contributed by atoms with Crippen molar-refractivity contribution in [3.05, 3.63) is 65.2 Å². The summed E-state index contributed by atoms with van der Waals surface area (Å²) in [4.78, 5) is 24.6. The van der Waals surface area contributed by atoms with Crippen LogP contribution in [0.5, 0.6) is 0 Å². The average molecular weight is 458 g/mol. The van der Waals surface area contributed by atoms with Gasteiger partial charge in [0.25, 0.3) is 5.91 Å². The van der Waals surface area contributed by atoms with Crippen LogP contribution in [0.3, 0.4) is 0 Å². The monoisotopic (exact) mass is 457 g/mol. The van der Waals surface area contributed by atoms with E-state index in [1.165, 1.54) is 34.1 Å². The summed E-state index contributed by atoms with van der Waals surface area (Å²) in [5.74, 6) is -0.801. The van der Waals surface area contributed by atoms with Gasteiger partial charge in [0.2, 0.25) is 15.9 Å². The molecular formula is C24H31N3O4S. The van der Waals surface area contributed by atoms with E-state index in [1.54, 1.807) is 0 Å². The highest BCUT2D eigenvalue weighted by atomic mass is 32.2. The zero-order valence-electron chi connectivity index (χ0n) is 18.8. The molecule has 32 heavy (non-hydrogen) atoms. The normalized spacial score (nSPS) is 14.8. The number of rotatable bonds is 6. The van der Waals surface area contributed by atoms with Crippen LogP contribution in [-0.2, 0) is 26.7 Å². The summed E-state index contributed by atoms with van der Waals surface area (Å²) in [6.45, 7) is 7.50. The molecule has 0 spiro atoms. The van der Waals surface area contributed by atoms with E-state index in [2.05, 4.69) is 43.8 Å². The number of benzene rings is 2. The molecule has 7 nitrogen and oxygen atoms in total. The van der Waals surface area contributed by atoms with Gasteiger partial charge >= 0.3 is 0 Å². The van der Waals surface area contributed by atoms with Gasteiger partial charge in [0.15, 0.2) is 0 Å². The van der Waals surface area contributed by atoms with Gasteiger partial charge in [0, 0.05) is 25.1 Å². The van der Waals surface area contributed by atoms with Crippen molar-refractivity contribution in [1.82, 2.24) is 15.2 Å². The molecule has 0 bridgehead atoms. The zero-order valence-corrected chi connectivity index (χ0v) is 19.7. The minimum absolute atomic E-state index is 0.0801. The number of hydrogen-bond donors (Lipinski definition) is 2. The first kappa shape index (κ1) is 23.9. The molecule has 2 amide bonds. The predicted molar refractivity (Wildman–Crippen MR) is 124 cm³/mol. The van der Waals surface area contributed by atoms with E-state index in [0.717, 1.165) is 18.4 Å². The number of nitrogens with zero attached hydrogens (tertiary/aromatic N) is 1. The Labute approximate surface area is 190 Å². The molecule has 1 fully saturated rings. The molecule has 0 aliphatic carbocycles. The maximum absolute atomic E-state index is 12.6. The number of hydrogen-bond acceptors (Lipinski definition) is 4. The van der Waals surface area contributed by atoms with Crippen molar-refractivity contribution in [2.45, 2.75) is 56.8 Å². The molecule has 0 radical (unpaired) electrons. The lowest BCUT2D eigenvalue weighted by Crippen LogP contribution is -2.41. The van der Waals surface area contributed by atoms with E-state index < -0.39 is 15.9 Å². The first-order chi connectivity index (χ1) is 15.1. The molecule has 0 atom stereocenters. The highest BCUT2D eigenvalue weighted by molar-refractivity contribution is 7.89. The summed E-state index contributed by atoms with van der Waals surface area (Å²) in [7, 11) is -3.52. The van der Waals surface area contributed by atoms with Crippen molar-refractivity contribution < 1.29 is 18.0 Å². The Morgan fingerprint density at radius 1 is 0.906 bits per heavy atom. The Morgan fingerprint density at radius 2 is 1.50 bits per heavy atom. The maximum Gasteiger partial charge on any atom is 0.269 e. The van der Waals surface area contributed by atoms with Gasteiger partial charge in [0.05, 0.1) is 4.90 Å². The summed E-state index contributed by atoms with van der Waals surface area (Å²) >= 11 is 0. The van der Waals surface area contributed by atoms with Crippen LogP contribution in [0, 0.1) is 0 Å². The van der Waals surface area contributed by atoms with E-state index in [-0.39, 0.29) is 28.2 Å². The number of aryl methyl sites for hydroxylation is 1. The van der Waals surface area contributed by atoms with Gasteiger partial charge in [-0.3, -0.25) is 20.4 Å². The zero-order chi connectivity index (χ0) is 23.4. The number of hydrazine groups is 1. The lowest BCUT2D eigenvalue weighted by atomic mass is 9.86. The lowest BCUT2D eigenvalue weighted by Gasteiger charge is -2.19. The second-order valence-electron chi connectivity index (χ2n) is 9.08. The van der Waals surface area contributed by atoms with Crippen molar-refractivity contribution >= 4 is 21.8 Å².